The summed E-state index contributed by atoms with van der Waals surface area (Å²) in [4.78, 5) is 0. The maximum Gasteiger partial charge on any atom is 4.00 e. The van der Waals surface area contributed by atoms with E-state index in [1.807, 2.05) is 0 Å². The molecule has 0 aliphatic carbocycles. The Labute approximate surface area is 210 Å². The van der Waals surface area contributed by atoms with Crippen LogP contribution >= 0.6 is 0 Å². The molecule has 0 amide bonds. The smallest absolute Gasteiger partial charge is 1.00 e. The standard InChI is InChI=1S/C25H29.3ClH.Ti/c1-4-5-18-25(22-12-8-6-9-13-22,23-14-10-7-11-15-23)24-17-16-21(19-24)20(2)3;;;;/h6-17,19-20H,4-5,18H2,1-3H3;3*1H;/q-1;;;;+4/p-3. The molecule has 0 saturated carbocycles. The van der Waals surface area contributed by atoms with E-state index in [1.165, 1.54) is 35.1 Å². The minimum Gasteiger partial charge on any atom is -1.00 e. The Kier molecular flexibility index (Phi) is 15.2. The summed E-state index contributed by atoms with van der Waals surface area (Å²) in [6.07, 6.45) is 3.56. The van der Waals surface area contributed by atoms with Crippen molar-refractivity contribution in [1.82, 2.24) is 0 Å². The quantitative estimate of drug-likeness (QED) is 0.271. The summed E-state index contributed by atoms with van der Waals surface area (Å²) >= 11 is 0. The van der Waals surface area contributed by atoms with E-state index in [2.05, 4.69) is 99.6 Å². The van der Waals surface area contributed by atoms with Crippen LogP contribution in [-0.4, -0.2) is 0 Å². The van der Waals surface area contributed by atoms with Crippen molar-refractivity contribution in [1.29, 1.82) is 0 Å². The fourth-order valence-corrected chi connectivity index (χ4v) is 3.91. The zero-order valence-electron chi connectivity index (χ0n) is 17.3. The Morgan fingerprint density at radius 2 is 1.28 bits per heavy atom. The van der Waals surface area contributed by atoms with E-state index in [0.717, 1.165) is 6.42 Å². The average Bonchev–Trinajstić information content (AvgIpc) is 3.15. The van der Waals surface area contributed by atoms with Gasteiger partial charge in [-0.25, -0.2) is 6.07 Å². The predicted octanol–water partition coefficient (Wildman–Crippen LogP) is -1.94. The van der Waals surface area contributed by atoms with Crippen molar-refractivity contribution in [2.45, 2.75) is 51.4 Å². The van der Waals surface area contributed by atoms with Crippen molar-refractivity contribution >= 4 is 0 Å². The fraction of sp³-hybridized carbons (Fsp3) is 0.320. The monoisotopic (exact) mass is 482 g/mol. The summed E-state index contributed by atoms with van der Waals surface area (Å²) in [6.45, 7) is 6.83. The van der Waals surface area contributed by atoms with E-state index < -0.39 is 0 Å². The third-order valence-corrected chi connectivity index (χ3v) is 5.38. The van der Waals surface area contributed by atoms with Crippen LogP contribution in [0.25, 0.3) is 0 Å². The Morgan fingerprint density at radius 3 is 1.66 bits per heavy atom. The SMILES string of the molecule is CCCCC(c1ccccc1)(c1ccccc1)[c-]1ccc(C(C)C)c1.[Cl-].[Cl-].[Cl-].[Ti+4]. The van der Waals surface area contributed by atoms with Crippen molar-refractivity contribution in [3.63, 3.8) is 0 Å². The van der Waals surface area contributed by atoms with Gasteiger partial charge in [-0.15, -0.1) is 5.56 Å². The zero-order valence-corrected chi connectivity index (χ0v) is 21.2. The van der Waals surface area contributed by atoms with Crippen LogP contribution in [0.4, 0.5) is 0 Å². The third kappa shape index (κ3) is 6.68. The topological polar surface area (TPSA) is 0 Å². The predicted molar refractivity (Wildman–Crippen MR) is 108 cm³/mol. The number of unbranched alkanes of at least 4 members (excludes halogenated alkanes) is 1. The largest absolute Gasteiger partial charge is 4.00 e. The molecule has 3 aromatic rings. The molecule has 0 fully saturated rings. The average molecular weight is 484 g/mol. The van der Waals surface area contributed by atoms with Gasteiger partial charge < -0.3 is 37.2 Å². The Bertz CT molecular complexity index is 743. The zero-order chi connectivity index (χ0) is 17.7. The Morgan fingerprint density at radius 1 is 0.793 bits per heavy atom. The first-order valence-corrected chi connectivity index (χ1v) is 9.56. The first-order valence-electron chi connectivity index (χ1n) is 9.56. The van der Waals surface area contributed by atoms with Gasteiger partial charge in [0.15, 0.2) is 0 Å². The summed E-state index contributed by atoms with van der Waals surface area (Å²) < 4.78 is 0. The molecule has 0 aliphatic heterocycles. The van der Waals surface area contributed by atoms with E-state index in [4.69, 9.17) is 0 Å². The van der Waals surface area contributed by atoms with Crippen LogP contribution in [0.1, 0.15) is 68.2 Å². The molecule has 0 heterocycles. The summed E-state index contributed by atoms with van der Waals surface area (Å²) in [5, 5.41) is 0. The molecule has 0 aromatic heterocycles. The molecule has 29 heavy (non-hydrogen) atoms. The number of hydrogen-bond donors (Lipinski definition) is 0. The number of benzene rings is 2. The fourth-order valence-electron chi connectivity index (χ4n) is 3.91. The van der Waals surface area contributed by atoms with Crippen LogP contribution in [0, 0.1) is 0 Å². The molecule has 0 radical (unpaired) electrons. The summed E-state index contributed by atoms with van der Waals surface area (Å²) in [6, 6.07) is 29.2. The van der Waals surface area contributed by atoms with Gasteiger partial charge >= 0.3 is 21.7 Å². The maximum absolute atomic E-state index is 2.43. The summed E-state index contributed by atoms with van der Waals surface area (Å²) in [5.74, 6) is 0.559. The van der Waals surface area contributed by atoms with Gasteiger partial charge in [0.1, 0.15) is 0 Å². The summed E-state index contributed by atoms with van der Waals surface area (Å²) in [7, 11) is 0. The van der Waals surface area contributed by atoms with Crippen LogP contribution < -0.4 is 37.2 Å². The van der Waals surface area contributed by atoms with Gasteiger partial charge in [0.05, 0.1) is 0 Å². The van der Waals surface area contributed by atoms with Gasteiger partial charge in [-0.1, -0.05) is 100 Å². The first-order chi connectivity index (χ1) is 12.2. The van der Waals surface area contributed by atoms with Crippen LogP contribution in [0.3, 0.4) is 0 Å². The van der Waals surface area contributed by atoms with Gasteiger partial charge in [-0.05, 0) is 17.5 Å². The van der Waals surface area contributed by atoms with Crippen LogP contribution in [0.15, 0.2) is 78.9 Å². The molecule has 0 bridgehead atoms. The molecule has 0 N–H and O–H groups in total. The third-order valence-electron chi connectivity index (χ3n) is 5.38. The van der Waals surface area contributed by atoms with Gasteiger partial charge in [0.25, 0.3) is 0 Å². The molecule has 154 valence electrons. The normalized spacial score (nSPS) is 10.2. The summed E-state index contributed by atoms with van der Waals surface area (Å²) in [5.41, 5.74) is 5.60. The number of hydrogen-bond acceptors (Lipinski definition) is 0. The molecular formula is C25H29Cl3Ti. The Balaban J connectivity index is 0. The van der Waals surface area contributed by atoms with Crippen molar-refractivity contribution in [2.24, 2.45) is 0 Å². The van der Waals surface area contributed by atoms with Gasteiger partial charge in [-0.3, -0.25) is 0 Å². The maximum atomic E-state index is 2.43. The van der Waals surface area contributed by atoms with E-state index >= 15 is 0 Å². The second-order valence-corrected chi connectivity index (χ2v) is 7.33. The minimum atomic E-state index is -0.0638. The van der Waals surface area contributed by atoms with Crippen molar-refractivity contribution in [3.8, 4) is 0 Å². The molecule has 0 nitrogen and oxygen atoms in total. The van der Waals surface area contributed by atoms with Crippen molar-refractivity contribution in [2.75, 3.05) is 0 Å². The van der Waals surface area contributed by atoms with Gasteiger partial charge in [-0.2, -0.15) is 17.7 Å². The molecule has 4 heteroatoms. The molecule has 0 unspecified atom stereocenters. The second kappa shape index (κ2) is 14.4. The van der Waals surface area contributed by atoms with Crippen LogP contribution in [0.5, 0.6) is 0 Å². The molecule has 0 saturated heterocycles. The number of rotatable bonds is 7. The van der Waals surface area contributed by atoms with Gasteiger partial charge in [0, 0.05) is 5.41 Å². The molecule has 0 atom stereocenters. The molecular weight excluding hydrogens is 455 g/mol. The number of halogens is 3. The molecule has 0 spiro atoms. The molecule has 3 aromatic carbocycles. The van der Waals surface area contributed by atoms with E-state index in [9.17, 15) is 0 Å². The van der Waals surface area contributed by atoms with Crippen molar-refractivity contribution in [3.05, 3.63) is 101 Å². The van der Waals surface area contributed by atoms with Crippen LogP contribution in [0.2, 0.25) is 0 Å². The molecule has 0 aliphatic rings. The first kappa shape index (κ1) is 30.6. The van der Waals surface area contributed by atoms with E-state index in [1.54, 1.807) is 0 Å². The van der Waals surface area contributed by atoms with Crippen LogP contribution in [-0.2, 0) is 27.1 Å². The second-order valence-electron chi connectivity index (χ2n) is 7.33. The molecule has 3 rings (SSSR count). The van der Waals surface area contributed by atoms with E-state index in [0.29, 0.717) is 5.92 Å². The Hall–Kier alpha value is -0.626. The van der Waals surface area contributed by atoms with Crippen molar-refractivity contribution < 1.29 is 58.9 Å². The van der Waals surface area contributed by atoms with Gasteiger partial charge in [0.2, 0.25) is 0 Å². The van der Waals surface area contributed by atoms with E-state index in [-0.39, 0.29) is 64.4 Å². The minimum absolute atomic E-state index is 0.